The molecule has 152 valence electrons. The van der Waals surface area contributed by atoms with Gasteiger partial charge in [0.05, 0.1) is 16.9 Å². The first-order valence-corrected chi connectivity index (χ1v) is 11.4. The molecule has 0 aliphatic rings. The van der Waals surface area contributed by atoms with Crippen LogP contribution in [0.5, 0.6) is 0 Å². The molecular formula is C29H19BrN2. The van der Waals surface area contributed by atoms with Crippen LogP contribution in [0.15, 0.2) is 120 Å². The van der Waals surface area contributed by atoms with E-state index in [0.717, 1.165) is 32.7 Å². The van der Waals surface area contributed by atoms with Crippen molar-refractivity contribution in [3.63, 3.8) is 0 Å². The summed E-state index contributed by atoms with van der Waals surface area (Å²) in [6, 6.07) is 38.0. The van der Waals surface area contributed by atoms with E-state index in [1.165, 1.54) is 21.7 Å². The first kappa shape index (κ1) is 19.0. The quantitative estimate of drug-likeness (QED) is 0.252. The highest BCUT2D eigenvalue weighted by Crippen LogP contribution is 2.35. The minimum Gasteiger partial charge on any atom is -0.316 e. The van der Waals surface area contributed by atoms with Crippen LogP contribution in [0.3, 0.4) is 0 Å². The van der Waals surface area contributed by atoms with E-state index in [4.69, 9.17) is 4.98 Å². The Morgan fingerprint density at radius 2 is 1.16 bits per heavy atom. The molecule has 6 aromatic rings. The number of hydrogen-bond acceptors (Lipinski definition) is 1. The lowest BCUT2D eigenvalue weighted by molar-refractivity contribution is 1.12. The van der Waals surface area contributed by atoms with E-state index < -0.39 is 0 Å². The molecule has 0 amide bonds. The predicted molar refractivity (Wildman–Crippen MR) is 137 cm³/mol. The van der Waals surface area contributed by atoms with Crippen molar-refractivity contribution < 1.29 is 0 Å². The monoisotopic (exact) mass is 474 g/mol. The Morgan fingerprint density at radius 1 is 0.594 bits per heavy atom. The molecule has 0 spiro atoms. The summed E-state index contributed by atoms with van der Waals surface area (Å²) >= 11 is 3.75. The van der Waals surface area contributed by atoms with E-state index in [1.807, 2.05) is 12.1 Å². The van der Waals surface area contributed by atoms with Gasteiger partial charge in [0.15, 0.2) is 0 Å². The van der Waals surface area contributed by atoms with Crippen LogP contribution >= 0.6 is 15.9 Å². The lowest BCUT2D eigenvalue weighted by Crippen LogP contribution is -1.97. The van der Waals surface area contributed by atoms with Crippen LogP contribution in [0.1, 0.15) is 0 Å². The zero-order valence-corrected chi connectivity index (χ0v) is 18.8. The number of aromatic nitrogens is 2. The van der Waals surface area contributed by atoms with Crippen molar-refractivity contribution in [3.05, 3.63) is 120 Å². The van der Waals surface area contributed by atoms with Crippen LogP contribution in [0.25, 0.3) is 49.9 Å². The summed E-state index contributed by atoms with van der Waals surface area (Å²) in [5.41, 5.74) is 6.44. The zero-order valence-electron chi connectivity index (χ0n) is 17.2. The molecule has 0 unspecified atom stereocenters. The number of benzene rings is 4. The maximum Gasteiger partial charge on any atom is 0.0730 e. The van der Waals surface area contributed by atoms with Gasteiger partial charge in [0.25, 0.3) is 0 Å². The summed E-state index contributed by atoms with van der Waals surface area (Å²) in [7, 11) is 0. The lowest BCUT2D eigenvalue weighted by Gasteiger charge is -2.13. The van der Waals surface area contributed by atoms with Gasteiger partial charge in [-0.25, -0.2) is 4.98 Å². The highest BCUT2D eigenvalue weighted by Gasteiger charge is 2.13. The second-order valence-corrected chi connectivity index (χ2v) is 8.71. The second kappa shape index (κ2) is 7.77. The largest absolute Gasteiger partial charge is 0.316 e. The molecule has 0 aliphatic carbocycles. The van der Waals surface area contributed by atoms with Gasteiger partial charge in [-0.3, -0.25) is 0 Å². The minimum absolute atomic E-state index is 0.963. The molecule has 2 nitrogen and oxygen atoms in total. The fraction of sp³-hybridized carbons (Fsp3) is 0. The molecule has 2 heterocycles. The molecule has 0 saturated heterocycles. The second-order valence-electron chi connectivity index (χ2n) is 7.86. The van der Waals surface area contributed by atoms with Crippen molar-refractivity contribution in [2.45, 2.75) is 0 Å². The van der Waals surface area contributed by atoms with Crippen LogP contribution in [0, 0.1) is 0 Å². The molecule has 3 heteroatoms. The molecular weight excluding hydrogens is 456 g/mol. The number of nitrogens with zero attached hydrogens (tertiary/aromatic N) is 2. The predicted octanol–water partition coefficient (Wildman–Crippen LogP) is 8.28. The summed E-state index contributed by atoms with van der Waals surface area (Å²) < 4.78 is 3.40. The fourth-order valence-corrected chi connectivity index (χ4v) is 4.94. The Kier molecular flexibility index (Phi) is 4.62. The maximum absolute atomic E-state index is 5.02. The van der Waals surface area contributed by atoms with E-state index in [0.29, 0.717) is 0 Å². The van der Waals surface area contributed by atoms with Gasteiger partial charge in [0.2, 0.25) is 0 Å². The normalized spacial score (nSPS) is 11.3. The van der Waals surface area contributed by atoms with Gasteiger partial charge in [-0.15, -0.1) is 0 Å². The highest BCUT2D eigenvalue weighted by atomic mass is 79.9. The smallest absolute Gasteiger partial charge is 0.0730 e. The number of rotatable bonds is 3. The van der Waals surface area contributed by atoms with Crippen LogP contribution in [0.2, 0.25) is 0 Å². The van der Waals surface area contributed by atoms with E-state index in [9.17, 15) is 0 Å². The number of hydrogen-bond donors (Lipinski definition) is 0. The summed E-state index contributed by atoms with van der Waals surface area (Å²) in [4.78, 5) is 5.02. The van der Waals surface area contributed by atoms with Gasteiger partial charge in [-0.05, 0) is 29.7 Å². The van der Waals surface area contributed by atoms with Crippen molar-refractivity contribution >= 4 is 37.6 Å². The first-order chi connectivity index (χ1) is 15.8. The van der Waals surface area contributed by atoms with E-state index in [-0.39, 0.29) is 0 Å². The number of fused-ring (bicyclic) bond motifs is 3. The summed E-state index contributed by atoms with van der Waals surface area (Å²) in [6.07, 6.45) is 2.16. The summed E-state index contributed by atoms with van der Waals surface area (Å²) in [5.74, 6) is 0. The van der Waals surface area contributed by atoms with Crippen LogP contribution in [-0.4, -0.2) is 9.55 Å². The molecule has 32 heavy (non-hydrogen) atoms. The summed E-state index contributed by atoms with van der Waals surface area (Å²) in [5, 5.41) is 3.64. The van der Waals surface area contributed by atoms with E-state index in [1.54, 1.807) is 0 Å². The number of halogens is 1. The van der Waals surface area contributed by atoms with Gasteiger partial charge in [-0.2, -0.15) is 0 Å². The number of pyridine rings is 1. The zero-order chi connectivity index (χ0) is 21.5. The van der Waals surface area contributed by atoms with Crippen molar-refractivity contribution in [1.29, 1.82) is 0 Å². The Hall–Kier alpha value is -3.69. The standard InChI is InChI=1S/C29H19BrN2/c30-26-17-22-15-16-32(29(22)25-14-8-7-13-24(25)26)23-18-27(20-9-3-1-4-10-20)31-28(19-23)21-11-5-2-6-12-21/h1-19H. The SMILES string of the molecule is Brc1cc2ccn(-c3cc(-c4ccccc4)nc(-c4ccccc4)c3)c2c2ccccc12. The van der Waals surface area contributed by atoms with Crippen LogP contribution in [-0.2, 0) is 0 Å². The van der Waals surface area contributed by atoms with Crippen LogP contribution < -0.4 is 0 Å². The fourth-order valence-electron chi connectivity index (χ4n) is 4.35. The molecule has 0 radical (unpaired) electrons. The molecule has 0 bridgehead atoms. The van der Waals surface area contributed by atoms with Gasteiger partial charge in [-0.1, -0.05) is 101 Å². The third kappa shape index (κ3) is 3.22. The Morgan fingerprint density at radius 3 is 1.78 bits per heavy atom. The van der Waals surface area contributed by atoms with Crippen molar-refractivity contribution in [2.75, 3.05) is 0 Å². The molecule has 6 rings (SSSR count). The van der Waals surface area contributed by atoms with Gasteiger partial charge in [0, 0.05) is 38.3 Å². The highest BCUT2D eigenvalue weighted by molar-refractivity contribution is 9.10. The lowest BCUT2D eigenvalue weighted by atomic mass is 10.1. The molecule has 0 atom stereocenters. The van der Waals surface area contributed by atoms with Crippen molar-refractivity contribution in [2.24, 2.45) is 0 Å². The third-order valence-corrected chi connectivity index (χ3v) is 6.52. The molecule has 4 aromatic carbocycles. The van der Waals surface area contributed by atoms with Gasteiger partial charge >= 0.3 is 0 Å². The molecule has 0 aliphatic heterocycles. The third-order valence-electron chi connectivity index (χ3n) is 5.87. The topological polar surface area (TPSA) is 17.8 Å². The van der Waals surface area contributed by atoms with Crippen molar-refractivity contribution in [1.82, 2.24) is 9.55 Å². The Balaban J connectivity index is 1.65. The molecule has 2 aromatic heterocycles. The molecule has 0 saturated carbocycles. The maximum atomic E-state index is 5.02. The van der Waals surface area contributed by atoms with Gasteiger partial charge in [0.1, 0.15) is 0 Å². The summed E-state index contributed by atoms with van der Waals surface area (Å²) in [6.45, 7) is 0. The average Bonchev–Trinajstić information content (AvgIpc) is 3.29. The first-order valence-electron chi connectivity index (χ1n) is 10.6. The van der Waals surface area contributed by atoms with Gasteiger partial charge < -0.3 is 4.57 Å². The minimum atomic E-state index is 0.963. The Bertz CT molecular complexity index is 1510. The Labute approximate surface area is 194 Å². The van der Waals surface area contributed by atoms with Crippen molar-refractivity contribution in [3.8, 4) is 28.2 Å². The molecule has 0 fully saturated rings. The molecule has 0 N–H and O–H groups in total. The van der Waals surface area contributed by atoms with E-state index >= 15 is 0 Å². The van der Waals surface area contributed by atoms with Crippen LogP contribution in [0.4, 0.5) is 0 Å². The average molecular weight is 475 g/mol. The van der Waals surface area contributed by atoms with E-state index in [2.05, 4.69) is 124 Å².